The molecule has 530 valence electrons. The molecule has 3 aromatic rings. The quantitative estimate of drug-likeness (QED) is 0.0203. The van der Waals surface area contributed by atoms with E-state index in [4.69, 9.17) is 75.8 Å². The lowest BCUT2D eigenvalue weighted by Gasteiger charge is -2.51. The molecule has 5 aliphatic heterocycles. The van der Waals surface area contributed by atoms with Gasteiger partial charge < -0.3 is 147 Å². The first-order valence-corrected chi connectivity index (χ1v) is 29.6. The minimum Gasteiger partial charge on any atom is -0.504 e. The van der Waals surface area contributed by atoms with Crippen LogP contribution in [0.25, 0.3) is 12.2 Å². The summed E-state index contributed by atoms with van der Waals surface area (Å²) in [5.74, 6) is -9.43. The average Bonchev–Trinajstić information content (AvgIpc) is 1.42. The molecule has 0 saturated carbocycles. The van der Waals surface area contributed by atoms with Crippen LogP contribution in [0.3, 0.4) is 0 Å². The highest BCUT2D eigenvalue weighted by molar-refractivity contribution is 5.90. The number of aliphatic hydroxyl groups is 12. The van der Waals surface area contributed by atoms with Crippen LogP contribution in [-0.2, 0) is 85.5 Å². The zero-order chi connectivity index (χ0) is 69.9. The lowest BCUT2D eigenvalue weighted by molar-refractivity contribution is -0.423. The van der Waals surface area contributed by atoms with E-state index in [2.05, 4.69) is 0 Å². The number of rotatable bonds is 26. The molecular formula is C61H76O35. The molecule has 0 aliphatic carbocycles. The van der Waals surface area contributed by atoms with Crippen LogP contribution >= 0.6 is 0 Å². The van der Waals surface area contributed by atoms with E-state index in [-0.39, 0.29) is 39.7 Å². The number of aliphatic hydroxyl groups excluding tert-OH is 12. The Balaban J connectivity index is 1.29. The Labute approximate surface area is 545 Å². The molecule has 96 heavy (non-hydrogen) atoms. The number of methoxy groups -OCH3 is 2. The highest BCUT2D eigenvalue weighted by Crippen LogP contribution is 2.43. The van der Waals surface area contributed by atoms with Crippen LogP contribution in [0.4, 0.5) is 0 Å². The molecular weight excluding hydrogens is 1290 g/mol. The SMILES string of the molecule is COc1ccc(C=CC(=O)OC[C@@]2(O[C@H]3O[C@H](COC(C)=O)[C@@H](OC(=O)C=Cc4ccc(O)c(OC)c4)[C@H](O[C@@H]4O[C@H](COC(C)=O)[C@@H](O[C@@H]5O[C@H](CO)[C@@H](O)[C@H](O)[C@H]5O)[C@H](O)[C@H]4O)[C@H]3O[C@@H]3O[C@H](CO)[C@@H](O)[C@H](O)[C@H]3O)O[C@H](CO)[C@@H](O)[C@@H]2OC(=O)c2ccccc2)cc1O. The maximum absolute atomic E-state index is 14.4. The van der Waals surface area contributed by atoms with Gasteiger partial charge in [0.1, 0.15) is 124 Å². The summed E-state index contributed by atoms with van der Waals surface area (Å²) in [6.07, 6.45) is -45.7. The van der Waals surface area contributed by atoms with E-state index in [1.54, 1.807) is 6.07 Å². The maximum atomic E-state index is 14.4. The third-order valence-corrected chi connectivity index (χ3v) is 15.8. The van der Waals surface area contributed by atoms with Crippen molar-refractivity contribution in [2.75, 3.05) is 53.9 Å². The van der Waals surface area contributed by atoms with Crippen LogP contribution < -0.4 is 9.47 Å². The second kappa shape index (κ2) is 33.4. The van der Waals surface area contributed by atoms with E-state index in [1.807, 2.05) is 0 Å². The van der Waals surface area contributed by atoms with Crippen molar-refractivity contribution in [2.45, 2.75) is 161 Å². The van der Waals surface area contributed by atoms with E-state index < -0.39 is 216 Å². The number of carbonyl (C=O) groups is 5. The molecule has 5 saturated heterocycles. The fraction of sp³-hybridized carbons (Fsp3) is 0.557. The van der Waals surface area contributed by atoms with Crippen LogP contribution in [0.15, 0.2) is 78.9 Å². The minimum absolute atomic E-state index is 0.0405. The molecule has 8 rings (SSSR count). The van der Waals surface area contributed by atoms with Gasteiger partial charge in [-0.1, -0.05) is 30.3 Å². The summed E-state index contributed by atoms with van der Waals surface area (Å²) < 4.78 is 94.1. The molecule has 24 atom stereocenters. The average molecular weight is 1370 g/mol. The number of hydrogen-bond acceptors (Lipinski definition) is 35. The largest absolute Gasteiger partial charge is 0.504 e. The molecule has 5 fully saturated rings. The lowest BCUT2D eigenvalue weighted by atomic mass is 9.95. The Bertz CT molecular complexity index is 3150. The standard InChI is InChI=1S/C61H76O35/c1-26(65)83-23-38-51(91-57-48(77)45(74)42(71)35(20-62)86-57)47(76)50(79)59(88-38)92-53-52(90-41(70)17-13-29-10-14-31(67)34(19-29)82-4)39(24-84-27(2)66)89-60(54(53)93-58-49(78)46(75)43(72)36(21-63)87-58)96-61(25-85-40(69)16-12-28-11-15-33(81-3)32(68)18-28)55(44(73)37(22-64)95-61)94-56(80)30-8-6-5-7-9-30/h5-19,35-39,42-55,57-60,62-64,67-68,71-79H,20-25H2,1-4H3/t35-,36-,37-,38-,39-,42-,43-,44-,45+,46+,47-,48-,49-,50-,51-,52-,53+,54-,55+,57+,58+,59+,60-,61+/m1/s1. The van der Waals surface area contributed by atoms with E-state index >= 15 is 0 Å². The van der Waals surface area contributed by atoms with Gasteiger partial charge in [-0.15, -0.1) is 0 Å². The number of phenolic OH excluding ortho intramolecular Hbond substituents is 2. The van der Waals surface area contributed by atoms with E-state index in [0.29, 0.717) is 0 Å². The highest BCUT2D eigenvalue weighted by atomic mass is 16.8. The molecule has 5 aliphatic rings. The van der Waals surface area contributed by atoms with E-state index in [9.17, 15) is 95.5 Å². The Morgan fingerprint density at radius 1 is 0.479 bits per heavy atom. The third-order valence-electron chi connectivity index (χ3n) is 15.8. The first-order valence-electron chi connectivity index (χ1n) is 29.6. The molecule has 0 bridgehead atoms. The summed E-state index contributed by atoms with van der Waals surface area (Å²) >= 11 is 0. The van der Waals surface area contributed by atoms with Gasteiger partial charge in [-0.2, -0.15) is 0 Å². The van der Waals surface area contributed by atoms with Crippen LogP contribution in [0.2, 0.25) is 0 Å². The third kappa shape index (κ3) is 17.6. The minimum atomic E-state index is -3.03. The smallest absolute Gasteiger partial charge is 0.338 e. The van der Waals surface area contributed by atoms with Crippen LogP contribution in [0, 0.1) is 0 Å². The zero-order valence-electron chi connectivity index (χ0n) is 51.5. The monoisotopic (exact) mass is 1370 g/mol. The number of esters is 5. The summed E-state index contributed by atoms with van der Waals surface area (Å²) in [7, 11) is 2.54. The van der Waals surface area contributed by atoms with Crippen molar-refractivity contribution in [3.05, 3.63) is 95.6 Å². The van der Waals surface area contributed by atoms with Crippen molar-refractivity contribution in [1.29, 1.82) is 0 Å². The predicted octanol–water partition coefficient (Wildman–Crippen LogP) is -4.96. The fourth-order valence-corrected chi connectivity index (χ4v) is 10.8. The molecule has 14 N–H and O–H groups in total. The first-order chi connectivity index (χ1) is 45.7. The topological polar surface area (TPSA) is 516 Å². The van der Waals surface area contributed by atoms with Crippen molar-refractivity contribution < 1.29 is 171 Å². The van der Waals surface area contributed by atoms with Gasteiger partial charge in [0, 0.05) is 26.0 Å². The Morgan fingerprint density at radius 2 is 0.979 bits per heavy atom. The Hall–Kier alpha value is -7.15. The second-order valence-corrected chi connectivity index (χ2v) is 22.4. The summed E-state index contributed by atoms with van der Waals surface area (Å²) in [4.78, 5) is 67.7. The van der Waals surface area contributed by atoms with Crippen molar-refractivity contribution in [2.24, 2.45) is 0 Å². The molecule has 0 radical (unpaired) electrons. The van der Waals surface area contributed by atoms with Gasteiger partial charge in [0.25, 0.3) is 0 Å². The van der Waals surface area contributed by atoms with Crippen molar-refractivity contribution in [1.82, 2.24) is 0 Å². The Morgan fingerprint density at radius 3 is 1.53 bits per heavy atom. The molecule has 35 nitrogen and oxygen atoms in total. The summed E-state index contributed by atoms with van der Waals surface area (Å²) in [6, 6.07) is 14.9. The number of ether oxygens (including phenoxy) is 16. The van der Waals surface area contributed by atoms with Crippen molar-refractivity contribution >= 4 is 42.0 Å². The predicted molar refractivity (Wildman–Crippen MR) is 310 cm³/mol. The molecule has 0 spiro atoms. The van der Waals surface area contributed by atoms with Gasteiger partial charge >= 0.3 is 29.8 Å². The normalized spacial score (nSPS) is 35.4. The fourth-order valence-electron chi connectivity index (χ4n) is 10.8. The Kier molecular flexibility index (Phi) is 26.0. The summed E-state index contributed by atoms with van der Waals surface area (Å²) in [6.45, 7) is -4.53. The van der Waals surface area contributed by atoms with Crippen molar-refractivity contribution in [3.8, 4) is 23.0 Å². The molecule has 0 aromatic heterocycles. The maximum Gasteiger partial charge on any atom is 0.338 e. The van der Waals surface area contributed by atoms with Gasteiger partial charge in [0.15, 0.2) is 60.4 Å². The van der Waals surface area contributed by atoms with Crippen molar-refractivity contribution in [3.63, 3.8) is 0 Å². The van der Waals surface area contributed by atoms with Gasteiger partial charge in [-0.3, -0.25) is 9.59 Å². The molecule has 5 heterocycles. The van der Waals surface area contributed by atoms with Gasteiger partial charge in [-0.25, -0.2) is 14.4 Å². The number of hydrogen-bond donors (Lipinski definition) is 14. The van der Waals surface area contributed by atoms with Gasteiger partial charge in [0.05, 0.1) is 39.6 Å². The van der Waals surface area contributed by atoms with Gasteiger partial charge in [0.2, 0.25) is 5.79 Å². The molecule has 35 heteroatoms. The number of phenols is 2. The molecule has 0 unspecified atom stereocenters. The first kappa shape index (κ1) is 74.6. The second-order valence-electron chi connectivity index (χ2n) is 22.4. The molecule has 0 amide bonds. The lowest BCUT2D eigenvalue weighted by Crippen LogP contribution is -2.69. The zero-order valence-corrected chi connectivity index (χ0v) is 51.5. The number of carbonyl (C=O) groups excluding carboxylic acids is 5. The van der Waals surface area contributed by atoms with Crippen LogP contribution in [-0.4, -0.2) is 302 Å². The van der Waals surface area contributed by atoms with Crippen LogP contribution in [0.1, 0.15) is 35.3 Å². The summed E-state index contributed by atoms with van der Waals surface area (Å²) in [5.41, 5.74) is 0.262. The van der Waals surface area contributed by atoms with Gasteiger partial charge in [-0.05, 0) is 59.7 Å². The van der Waals surface area contributed by atoms with Crippen LogP contribution in [0.5, 0.6) is 23.0 Å². The number of aromatic hydroxyl groups is 2. The van der Waals surface area contributed by atoms with E-state index in [1.165, 1.54) is 81.0 Å². The highest BCUT2D eigenvalue weighted by Gasteiger charge is 2.64. The van der Waals surface area contributed by atoms with E-state index in [0.717, 1.165) is 32.1 Å². The molecule has 3 aromatic carbocycles. The number of benzene rings is 3. The summed E-state index contributed by atoms with van der Waals surface area (Å²) in [5, 5.41) is 154.